The fourth-order valence-corrected chi connectivity index (χ4v) is 6.29. The van der Waals surface area contributed by atoms with E-state index < -0.39 is 0 Å². The fourth-order valence-electron chi connectivity index (χ4n) is 6.13. The van der Waals surface area contributed by atoms with Gasteiger partial charge in [-0.05, 0) is 73.9 Å². The molecule has 4 heterocycles. The smallest absolute Gasteiger partial charge is 0.232 e. The van der Waals surface area contributed by atoms with Crippen LogP contribution in [-0.2, 0) is 10.2 Å². The number of hydrogen-bond acceptors (Lipinski definition) is 6. The van der Waals surface area contributed by atoms with Crippen LogP contribution < -0.4 is 20.4 Å². The number of halogens is 1. The summed E-state index contributed by atoms with van der Waals surface area (Å²) in [4.78, 5) is 14.5. The number of ether oxygens (including phenoxy) is 1. The van der Waals surface area contributed by atoms with E-state index in [9.17, 15) is 4.39 Å². The van der Waals surface area contributed by atoms with Gasteiger partial charge in [0, 0.05) is 57.4 Å². The normalized spacial score (nSPS) is 23.6. The average Bonchev–Trinajstić information content (AvgIpc) is 3.43. The number of aromatic nitrogens is 2. The van der Waals surface area contributed by atoms with Crippen molar-refractivity contribution in [1.82, 2.24) is 15.3 Å². The Kier molecular flexibility index (Phi) is 8.09. The number of hydrogen-bond donors (Lipinski definition) is 2. The van der Waals surface area contributed by atoms with E-state index in [2.05, 4.69) is 40.3 Å². The van der Waals surface area contributed by atoms with Gasteiger partial charge in [0.2, 0.25) is 5.95 Å². The van der Waals surface area contributed by atoms with Crippen LogP contribution in [-0.4, -0.2) is 61.0 Å². The second-order valence-corrected chi connectivity index (χ2v) is 11.6. The predicted molar refractivity (Wildman–Crippen MR) is 151 cm³/mol. The number of nitrogens with one attached hydrogen (secondary N) is 2. The van der Waals surface area contributed by atoms with E-state index >= 15 is 0 Å². The van der Waals surface area contributed by atoms with Crippen LogP contribution in [0.1, 0.15) is 51.5 Å². The van der Waals surface area contributed by atoms with Gasteiger partial charge in [0.05, 0.1) is 0 Å². The number of thiocarbonyl (C=S) groups is 1. The Morgan fingerprint density at radius 1 is 1.03 bits per heavy atom. The summed E-state index contributed by atoms with van der Waals surface area (Å²) in [6, 6.07) is 8.97. The van der Waals surface area contributed by atoms with Gasteiger partial charge in [-0.1, -0.05) is 26.0 Å². The first-order valence-corrected chi connectivity index (χ1v) is 14.1. The summed E-state index contributed by atoms with van der Waals surface area (Å²) in [5.41, 5.74) is 0.941. The quantitative estimate of drug-likeness (QED) is 0.524. The number of rotatable bonds is 6. The van der Waals surface area contributed by atoms with Crippen molar-refractivity contribution in [2.24, 2.45) is 11.8 Å². The molecule has 0 saturated carbocycles. The fraction of sp³-hybridized carbons (Fsp3) is 0.607. The molecule has 3 fully saturated rings. The van der Waals surface area contributed by atoms with Gasteiger partial charge < -0.3 is 25.2 Å². The topological polar surface area (TPSA) is 65.5 Å². The van der Waals surface area contributed by atoms with E-state index in [1.165, 1.54) is 31.4 Å². The van der Waals surface area contributed by atoms with E-state index in [0.717, 1.165) is 56.2 Å². The number of piperidine rings is 1. The molecule has 3 aliphatic heterocycles. The highest BCUT2D eigenvalue weighted by molar-refractivity contribution is 7.80. The van der Waals surface area contributed by atoms with Crippen LogP contribution in [0.25, 0.3) is 0 Å². The Bertz CT molecular complexity index is 1060. The largest absolute Gasteiger partial charge is 0.381 e. The first-order chi connectivity index (χ1) is 17.9. The molecule has 7 nitrogen and oxygen atoms in total. The molecule has 0 bridgehead atoms. The van der Waals surface area contributed by atoms with Gasteiger partial charge in [-0.3, -0.25) is 0 Å². The molecule has 1 aromatic heterocycles. The third-order valence-electron chi connectivity index (χ3n) is 8.04. The minimum atomic E-state index is -0.223. The van der Waals surface area contributed by atoms with Gasteiger partial charge in [-0.25, -0.2) is 4.39 Å². The van der Waals surface area contributed by atoms with Crippen molar-refractivity contribution in [3.05, 3.63) is 41.7 Å². The molecule has 0 radical (unpaired) electrons. The zero-order chi connectivity index (χ0) is 25.8. The van der Waals surface area contributed by atoms with Crippen LogP contribution in [0.5, 0.6) is 0 Å². The van der Waals surface area contributed by atoms with Gasteiger partial charge in [0.25, 0.3) is 0 Å². The maximum atomic E-state index is 13.6. The van der Waals surface area contributed by atoms with Crippen LogP contribution in [0, 0.1) is 17.7 Å². The summed E-state index contributed by atoms with van der Waals surface area (Å²) in [6.45, 7) is 10.7. The highest BCUT2D eigenvalue weighted by Crippen LogP contribution is 2.34. The summed E-state index contributed by atoms with van der Waals surface area (Å²) in [6.07, 6.45) is 5.33. The summed E-state index contributed by atoms with van der Waals surface area (Å²) < 4.78 is 19.2. The Balaban J connectivity index is 1.32. The Morgan fingerprint density at radius 2 is 1.65 bits per heavy atom. The molecule has 3 aliphatic rings. The van der Waals surface area contributed by atoms with Crippen molar-refractivity contribution in [2.75, 3.05) is 61.1 Å². The van der Waals surface area contributed by atoms with Gasteiger partial charge >= 0.3 is 0 Å². The summed E-state index contributed by atoms with van der Waals surface area (Å²) in [5, 5.41) is 7.20. The minimum absolute atomic E-state index is 0.165. The molecule has 5 rings (SSSR count). The lowest BCUT2D eigenvalue weighted by atomic mass is 9.74. The third-order valence-corrected chi connectivity index (χ3v) is 8.29. The molecule has 2 atom stereocenters. The maximum Gasteiger partial charge on any atom is 0.232 e. The molecule has 0 aliphatic carbocycles. The highest BCUT2D eigenvalue weighted by atomic mass is 32.1. The summed E-state index contributed by atoms with van der Waals surface area (Å²) in [7, 11) is 0. The van der Waals surface area contributed by atoms with Crippen LogP contribution in [0.2, 0.25) is 0 Å². The van der Waals surface area contributed by atoms with Crippen molar-refractivity contribution in [2.45, 2.75) is 51.4 Å². The molecule has 37 heavy (non-hydrogen) atoms. The summed E-state index contributed by atoms with van der Waals surface area (Å²) in [5.74, 6) is 3.51. The van der Waals surface area contributed by atoms with Crippen molar-refractivity contribution in [3.63, 3.8) is 0 Å². The van der Waals surface area contributed by atoms with Crippen molar-refractivity contribution >= 4 is 34.9 Å². The highest BCUT2D eigenvalue weighted by Gasteiger charge is 2.35. The molecular formula is C28H39FN6OS. The third kappa shape index (κ3) is 6.32. The van der Waals surface area contributed by atoms with Gasteiger partial charge in [-0.2, -0.15) is 9.97 Å². The number of anilines is 3. The van der Waals surface area contributed by atoms with Crippen LogP contribution >= 0.6 is 12.2 Å². The molecule has 2 N–H and O–H groups in total. The Labute approximate surface area is 225 Å². The summed E-state index contributed by atoms with van der Waals surface area (Å²) >= 11 is 5.72. The molecule has 0 amide bonds. The molecule has 2 aromatic rings. The van der Waals surface area contributed by atoms with Crippen molar-refractivity contribution in [1.29, 1.82) is 0 Å². The monoisotopic (exact) mass is 526 g/mol. The van der Waals surface area contributed by atoms with E-state index in [4.69, 9.17) is 26.9 Å². The Hall–Kier alpha value is -2.52. The minimum Gasteiger partial charge on any atom is -0.381 e. The number of benzene rings is 1. The van der Waals surface area contributed by atoms with E-state index in [0.29, 0.717) is 42.7 Å². The van der Waals surface area contributed by atoms with Crippen LogP contribution in [0.4, 0.5) is 22.0 Å². The first kappa shape index (κ1) is 26.1. The van der Waals surface area contributed by atoms with Gasteiger partial charge in [-0.15, -0.1) is 0 Å². The van der Waals surface area contributed by atoms with E-state index in [1.807, 2.05) is 12.1 Å². The van der Waals surface area contributed by atoms with Crippen molar-refractivity contribution in [3.8, 4) is 0 Å². The molecule has 0 unspecified atom stereocenters. The van der Waals surface area contributed by atoms with Crippen LogP contribution in [0.15, 0.2) is 30.3 Å². The van der Waals surface area contributed by atoms with E-state index in [1.54, 1.807) is 0 Å². The molecule has 3 saturated heterocycles. The first-order valence-electron chi connectivity index (χ1n) is 13.7. The lowest BCUT2D eigenvalue weighted by Crippen LogP contribution is -2.45. The lowest BCUT2D eigenvalue weighted by Gasteiger charge is -2.38. The SMILES string of the molecule is C[C@@H]1C[C@H](C)CN(c2cc(N3CCCC3)nc(NC(=S)NCC3(c4ccc(F)cc4)CCOCC3)n2)C1. The molecule has 0 spiro atoms. The van der Waals surface area contributed by atoms with Gasteiger partial charge in [0.15, 0.2) is 5.11 Å². The van der Waals surface area contributed by atoms with Gasteiger partial charge in [0.1, 0.15) is 17.5 Å². The van der Waals surface area contributed by atoms with Crippen LogP contribution in [0.3, 0.4) is 0 Å². The predicted octanol–water partition coefficient (Wildman–Crippen LogP) is 4.73. The molecule has 200 valence electrons. The molecular weight excluding hydrogens is 487 g/mol. The second kappa shape index (κ2) is 11.5. The zero-order valence-electron chi connectivity index (χ0n) is 22.0. The second-order valence-electron chi connectivity index (χ2n) is 11.2. The maximum absolute atomic E-state index is 13.6. The molecule has 9 heteroatoms. The van der Waals surface area contributed by atoms with Crippen molar-refractivity contribution < 1.29 is 9.13 Å². The standard InChI is InChI=1S/C28H39FN6OS/c1-20-15-21(2)18-35(17-20)25-16-24(34-11-3-4-12-34)31-26(32-25)33-27(37)30-19-28(9-13-36-14-10-28)22-5-7-23(29)8-6-22/h5-8,16,20-21H,3-4,9-15,17-19H2,1-2H3,(H2,30,31,32,33,37)/t20-,21+. The average molecular weight is 527 g/mol. The lowest BCUT2D eigenvalue weighted by molar-refractivity contribution is 0.0515. The number of nitrogens with zero attached hydrogens (tertiary/aromatic N) is 4. The zero-order valence-corrected chi connectivity index (χ0v) is 22.8. The van der Waals surface area contributed by atoms with E-state index in [-0.39, 0.29) is 11.2 Å². The Morgan fingerprint density at radius 3 is 2.30 bits per heavy atom. The molecule has 1 aromatic carbocycles.